The van der Waals surface area contributed by atoms with Crippen molar-refractivity contribution in [1.82, 2.24) is 4.90 Å². The van der Waals surface area contributed by atoms with Gasteiger partial charge in [0.25, 0.3) is 0 Å². The Labute approximate surface area is 147 Å². The fourth-order valence-electron chi connectivity index (χ4n) is 3.78. The van der Waals surface area contributed by atoms with Gasteiger partial charge in [-0.2, -0.15) is 0 Å². The number of cyclic esters (lactones) is 1. The van der Waals surface area contributed by atoms with E-state index in [0.29, 0.717) is 25.5 Å². The molecule has 5 nitrogen and oxygen atoms in total. The Bertz CT molecular complexity index is 449. The van der Waals surface area contributed by atoms with Gasteiger partial charge in [-0.05, 0) is 46.1 Å². The van der Waals surface area contributed by atoms with Crippen LogP contribution in [0.5, 0.6) is 0 Å². The molecule has 0 bridgehead atoms. The third kappa shape index (κ3) is 5.28. The summed E-state index contributed by atoms with van der Waals surface area (Å²) in [5.41, 5.74) is -1.49. The highest BCUT2D eigenvalue weighted by molar-refractivity contribution is 6.03. The number of methoxy groups -OCH3 is 1. The van der Waals surface area contributed by atoms with Crippen LogP contribution in [0.1, 0.15) is 54.4 Å². The van der Waals surface area contributed by atoms with E-state index in [9.17, 15) is 9.59 Å². The number of hydrogen-bond donors (Lipinski definition) is 0. The van der Waals surface area contributed by atoms with Crippen LogP contribution in [0.15, 0.2) is 0 Å². The second kappa shape index (κ2) is 8.43. The van der Waals surface area contributed by atoms with E-state index in [1.165, 1.54) is 0 Å². The van der Waals surface area contributed by atoms with Crippen LogP contribution in [0.2, 0.25) is 0 Å². The van der Waals surface area contributed by atoms with E-state index in [4.69, 9.17) is 9.47 Å². The first-order valence-corrected chi connectivity index (χ1v) is 9.04. The second-order valence-electron chi connectivity index (χ2n) is 8.09. The van der Waals surface area contributed by atoms with Gasteiger partial charge in [0.05, 0.1) is 5.60 Å². The number of rotatable bonds is 2. The molecule has 1 fully saturated rings. The minimum atomic E-state index is -1.12. The zero-order chi connectivity index (χ0) is 18.5. The maximum absolute atomic E-state index is 12.8. The minimum Gasteiger partial charge on any atom is -0.464 e. The van der Waals surface area contributed by atoms with Gasteiger partial charge in [-0.15, -0.1) is 0 Å². The molecule has 0 amide bonds. The minimum absolute atomic E-state index is 0.0741. The van der Waals surface area contributed by atoms with E-state index in [-0.39, 0.29) is 17.3 Å². The summed E-state index contributed by atoms with van der Waals surface area (Å²) in [6.45, 7) is 14.5. The van der Waals surface area contributed by atoms with E-state index >= 15 is 0 Å². The fourth-order valence-corrected chi connectivity index (χ4v) is 3.78. The molecule has 24 heavy (non-hydrogen) atoms. The molecule has 0 N–H and O–H groups in total. The molecule has 0 aromatic heterocycles. The number of carbonyl (C=O) groups is 2. The summed E-state index contributed by atoms with van der Waals surface area (Å²) in [7, 11) is 1.71. The van der Waals surface area contributed by atoms with Crippen molar-refractivity contribution in [3.05, 3.63) is 0 Å². The van der Waals surface area contributed by atoms with Crippen molar-refractivity contribution in [2.24, 2.45) is 17.3 Å². The van der Waals surface area contributed by atoms with Gasteiger partial charge in [0.15, 0.2) is 5.78 Å². The Morgan fingerprint density at radius 3 is 2.38 bits per heavy atom. The summed E-state index contributed by atoms with van der Waals surface area (Å²) in [6.07, 6.45) is 1.49. The van der Waals surface area contributed by atoms with E-state index in [1.807, 2.05) is 6.92 Å². The molecule has 5 heteroatoms. The highest BCUT2D eigenvalue weighted by atomic mass is 16.5. The molecule has 0 radical (unpaired) electrons. The zero-order valence-corrected chi connectivity index (χ0v) is 16.5. The first-order chi connectivity index (χ1) is 11.1. The van der Waals surface area contributed by atoms with Crippen molar-refractivity contribution in [2.75, 3.05) is 33.4 Å². The smallest absolute Gasteiger partial charge is 0.319 e. The van der Waals surface area contributed by atoms with Crippen molar-refractivity contribution in [3.8, 4) is 0 Å². The van der Waals surface area contributed by atoms with Crippen LogP contribution in [0.3, 0.4) is 0 Å². The molecule has 0 aliphatic carbocycles. The maximum atomic E-state index is 12.8. The number of carbonyl (C=O) groups excluding carboxylic acids is 2. The summed E-state index contributed by atoms with van der Waals surface area (Å²) in [5, 5.41) is 0. The zero-order valence-electron chi connectivity index (χ0n) is 16.5. The number of nitrogens with zero attached hydrogens (tertiary/aromatic N) is 1. The van der Waals surface area contributed by atoms with Crippen LogP contribution < -0.4 is 0 Å². The standard InChI is InChI=1S/C19H35NO4/c1-8-20-9-10-24-17(22)18(4,5)16(21)15(3)12-19(6,23-7)11-14(2)13-20/h14-15H,8-13H2,1-7H3. The largest absolute Gasteiger partial charge is 0.464 e. The molecule has 1 aliphatic rings. The van der Waals surface area contributed by atoms with Crippen molar-refractivity contribution in [3.63, 3.8) is 0 Å². The van der Waals surface area contributed by atoms with Crippen molar-refractivity contribution < 1.29 is 19.1 Å². The van der Waals surface area contributed by atoms with E-state index in [1.54, 1.807) is 21.0 Å². The molecule has 0 spiro atoms. The molecule has 1 heterocycles. The normalized spacial score (nSPS) is 34.0. The number of ketones is 1. The summed E-state index contributed by atoms with van der Waals surface area (Å²) in [4.78, 5) is 27.5. The van der Waals surface area contributed by atoms with Crippen LogP contribution in [0.4, 0.5) is 0 Å². The average Bonchev–Trinajstić information content (AvgIpc) is 2.51. The molecule has 0 aromatic rings. The summed E-state index contributed by atoms with van der Waals surface area (Å²) in [6, 6.07) is 0. The lowest BCUT2D eigenvalue weighted by atomic mass is 9.76. The van der Waals surface area contributed by atoms with Gasteiger partial charge < -0.3 is 9.47 Å². The Balaban J connectivity index is 3.08. The van der Waals surface area contributed by atoms with E-state index < -0.39 is 11.4 Å². The molecule has 140 valence electrons. The van der Waals surface area contributed by atoms with Crippen LogP contribution >= 0.6 is 0 Å². The predicted octanol–water partition coefficient (Wildman–Crippen LogP) is 2.92. The van der Waals surface area contributed by atoms with Gasteiger partial charge in [-0.3, -0.25) is 14.5 Å². The molecule has 3 atom stereocenters. The average molecular weight is 341 g/mol. The summed E-state index contributed by atoms with van der Waals surface area (Å²) in [5.74, 6) is -0.328. The molecular weight excluding hydrogens is 306 g/mol. The van der Waals surface area contributed by atoms with Crippen LogP contribution in [-0.4, -0.2) is 55.6 Å². The number of likely N-dealkylation sites (N-methyl/N-ethyl adjacent to an activating group) is 1. The summed E-state index contributed by atoms with van der Waals surface area (Å²) >= 11 is 0. The fraction of sp³-hybridized carbons (Fsp3) is 0.895. The molecule has 1 rings (SSSR count). The molecule has 1 aliphatic heterocycles. The highest BCUT2D eigenvalue weighted by Crippen LogP contribution is 2.33. The molecule has 0 saturated carbocycles. The monoisotopic (exact) mass is 341 g/mol. The van der Waals surface area contributed by atoms with Crippen molar-refractivity contribution >= 4 is 11.8 Å². The number of ether oxygens (including phenoxy) is 2. The Hall–Kier alpha value is -0.940. The van der Waals surface area contributed by atoms with Gasteiger partial charge in [0.2, 0.25) is 0 Å². The first-order valence-electron chi connectivity index (χ1n) is 9.04. The third-order valence-electron chi connectivity index (χ3n) is 5.24. The molecular formula is C19H35NO4. The lowest BCUT2D eigenvalue weighted by Gasteiger charge is -2.35. The SMILES string of the molecule is CCN1CCOC(=O)C(C)(C)C(=O)C(C)CC(C)(OC)CC(C)C1. The second-order valence-corrected chi connectivity index (χ2v) is 8.09. The van der Waals surface area contributed by atoms with E-state index in [0.717, 1.165) is 19.5 Å². The van der Waals surface area contributed by atoms with Gasteiger partial charge in [0.1, 0.15) is 12.0 Å². The lowest BCUT2D eigenvalue weighted by Crippen LogP contribution is -2.42. The lowest BCUT2D eigenvalue weighted by molar-refractivity contribution is -0.160. The van der Waals surface area contributed by atoms with Crippen LogP contribution in [0, 0.1) is 17.3 Å². The first kappa shape index (κ1) is 21.1. The molecule has 0 aromatic carbocycles. The predicted molar refractivity (Wildman–Crippen MR) is 94.8 cm³/mol. The summed E-state index contributed by atoms with van der Waals surface area (Å²) < 4.78 is 11.2. The number of hydrogen-bond acceptors (Lipinski definition) is 5. The Morgan fingerprint density at radius 2 is 1.83 bits per heavy atom. The van der Waals surface area contributed by atoms with Gasteiger partial charge >= 0.3 is 5.97 Å². The van der Waals surface area contributed by atoms with Crippen LogP contribution in [-0.2, 0) is 19.1 Å². The quantitative estimate of drug-likeness (QED) is 0.571. The topological polar surface area (TPSA) is 55.8 Å². The Morgan fingerprint density at radius 1 is 1.21 bits per heavy atom. The van der Waals surface area contributed by atoms with E-state index in [2.05, 4.69) is 25.7 Å². The molecule has 3 unspecified atom stereocenters. The highest BCUT2D eigenvalue weighted by Gasteiger charge is 2.42. The van der Waals surface area contributed by atoms with Crippen molar-refractivity contribution in [1.29, 1.82) is 0 Å². The van der Waals surface area contributed by atoms with Crippen molar-refractivity contribution in [2.45, 2.75) is 60.0 Å². The van der Waals surface area contributed by atoms with Gasteiger partial charge in [0, 0.05) is 26.1 Å². The van der Waals surface area contributed by atoms with Crippen LogP contribution in [0.25, 0.3) is 0 Å². The third-order valence-corrected chi connectivity index (χ3v) is 5.24. The van der Waals surface area contributed by atoms with Gasteiger partial charge in [-0.1, -0.05) is 20.8 Å². The Kier molecular flexibility index (Phi) is 7.42. The number of esters is 1. The molecule has 1 saturated heterocycles. The van der Waals surface area contributed by atoms with Gasteiger partial charge in [-0.25, -0.2) is 0 Å². The maximum Gasteiger partial charge on any atom is 0.319 e. The number of Topliss-reactive ketones (excluding diaryl/α,β-unsaturated/α-hetero) is 1.